The number of nitrogens with zero attached hydrogens (tertiary/aromatic N) is 4. The zero-order chi connectivity index (χ0) is 23.8. The van der Waals surface area contributed by atoms with Crippen molar-refractivity contribution in [1.82, 2.24) is 15.4 Å². The van der Waals surface area contributed by atoms with Crippen molar-refractivity contribution >= 4 is 29.6 Å². The van der Waals surface area contributed by atoms with E-state index in [0.29, 0.717) is 17.5 Å². The maximum atomic E-state index is 12.3. The first-order valence-electron chi connectivity index (χ1n) is 10.1. The van der Waals surface area contributed by atoms with E-state index in [4.69, 9.17) is 4.74 Å². The molecule has 0 saturated heterocycles. The van der Waals surface area contributed by atoms with Crippen LogP contribution in [0.5, 0.6) is 5.75 Å². The van der Waals surface area contributed by atoms with E-state index in [-0.39, 0.29) is 11.6 Å². The first-order valence-corrected chi connectivity index (χ1v) is 11.0. The molecule has 3 aromatic rings. The number of thioether (sulfide) groups is 1. The van der Waals surface area contributed by atoms with Gasteiger partial charge in [0.2, 0.25) is 0 Å². The zero-order valence-electron chi connectivity index (χ0n) is 18.4. The SMILES string of the molecule is Cc1cc(C)nc(SC(C)C(=O)N/N=C/c2ccc(OCc3ccc([N+](=O)[O-])cc3)cc2)n1. The van der Waals surface area contributed by atoms with E-state index in [1.165, 1.54) is 23.9 Å². The number of nitro groups is 1. The Morgan fingerprint density at radius 1 is 1.15 bits per heavy atom. The van der Waals surface area contributed by atoms with Crippen molar-refractivity contribution in [3.63, 3.8) is 0 Å². The van der Waals surface area contributed by atoms with Crippen LogP contribution in [0.1, 0.15) is 29.4 Å². The number of non-ortho nitro benzene ring substituents is 1. The number of hydrogen-bond donors (Lipinski definition) is 1. The van der Waals surface area contributed by atoms with E-state index in [9.17, 15) is 14.9 Å². The van der Waals surface area contributed by atoms with Crippen LogP contribution in [0, 0.1) is 24.0 Å². The van der Waals surface area contributed by atoms with Crippen molar-refractivity contribution < 1.29 is 14.5 Å². The van der Waals surface area contributed by atoms with Gasteiger partial charge in [0.25, 0.3) is 11.6 Å². The maximum Gasteiger partial charge on any atom is 0.269 e. The predicted octanol–water partition coefficient (Wildman–Crippen LogP) is 4.21. The summed E-state index contributed by atoms with van der Waals surface area (Å²) in [7, 11) is 0. The Morgan fingerprint density at radius 3 is 2.39 bits per heavy atom. The number of amides is 1. The first-order chi connectivity index (χ1) is 15.8. The summed E-state index contributed by atoms with van der Waals surface area (Å²) >= 11 is 1.28. The van der Waals surface area contributed by atoms with Gasteiger partial charge in [-0.05, 0) is 74.4 Å². The molecule has 0 radical (unpaired) electrons. The minimum Gasteiger partial charge on any atom is -0.489 e. The fourth-order valence-corrected chi connectivity index (χ4v) is 3.62. The smallest absolute Gasteiger partial charge is 0.269 e. The van der Waals surface area contributed by atoms with E-state index in [1.807, 2.05) is 32.0 Å². The lowest BCUT2D eigenvalue weighted by Crippen LogP contribution is -2.27. The molecule has 0 spiro atoms. The molecule has 3 rings (SSSR count). The van der Waals surface area contributed by atoms with Gasteiger partial charge >= 0.3 is 0 Å². The molecule has 9 nitrogen and oxygen atoms in total. The standard InChI is InChI=1S/C23H23N5O4S/c1-15-12-16(2)26-23(25-15)33-17(3)22(29)27-24-13-18-6-10-21(11-7-18)32-14-19-4-8-20(9-5-19)28(30)31/h4-13,17H,14H2,1-3H3,(H,27,29)/b24-13+. The lowest BCUT2D eigenvalue weighted by atomic mass is 10.2. The molecule has 0 bridgehead atoms. The van der Waals surface area contributed by atoms with Crippen LogP contribution in [-0.4, -0.2) is 32.3 Å². The number of carbonyl (C=O) groups is 1. The zero-order valence-corrected chi connectivity index (χ0v) is 19.2. The van der Waals surface area contributed by atoms with Crippen molar-refractivity contribution in [2.75, 3.05) is 0 Å². The average molecular weight is 466 g/mol. The summed E-state index contributed by atoms with van der Waals surface area (Å²) in [6.45, 7) is 5.84. The summed E-state index contributed by atoms with van der Waals surface area (Å²) in [4.78, 5) is 31.2. The second-order valence-electron chi connectivity index (χ2n) is 7.21. The third-order valence-electron chi connectivity index (χ3n) is 4.43. The van der Waals surface area contributed by atoms with Gasteiger partial charge in [-0.1, -0.05) is 11.8 Å². The van der Waals surface area contributed by atoms with Gasteiger partial charge in [0.05, 0.1) is 16.4 Å². The molecule has 1 N–H and O–H groups in total. The molecule has 0 aliphatic carbocycles. The maximum absolute atomic E-state index is 12.3. The number of benzene rings is 2. The predicted molar refractivity (Wildman–Crippen MR) is 126 cm³/mol. The number of ether oxygens (including phenoxy) is 1. The third kappa shape index (κ3) is 7.39. The van der Waals surface area contributed by atoms with Crippen LogP contribution < -0.4 is 10.2 Å². The monoisotopic (exact) mass is 465 g/mol. The number of rotatable bonds is 9. The number of carbonyl (C=O) groups excluding carboxylic acids is 1. The van der Waals surface area contributed by atoms with Crippen LogP contribution in [0.2, 0.25) is 0 Å². The highest BCUT2D eigenvalue weighted by Crippen LogP contribution is 2.20. The third-order valence-corrected chi connectivity index (χ3v) is 5.40. The molecule has 2 aromatic carbocycles. The number of aryl methyl sites for hydroxylation is 2. The Hall–Kier alpha value is -3.79. The largest absolute Gasteiger partial charge is 0.489 e. The molecule has 1 atom stereocenters. The van der Waals surface area contributed by atoms with E-state index < -0.39 is 10.2 Å². The van der Waals surface area contributed by atoms with E-state index in [2.05, 4.69) is 20.5 Å². The second kappa shape index (κ2) is 11.2. The number of hydrazone groups is 1. The molecule has 1 aromatic heterocycles. The molecule has 0 aliphatic heterocycles. The van der Waals surface area contributed by atoms with Gasteiger partial charge in [-0.15, -0.1) is 0 Å². The fourth-order valence-electron chi connectivity index (χ4n) is 2.75. The molecule has 1 unspecified atom stereocenters. The molecular formula is C23H23N5O4S. The fraction of sp³-hybridized carbons (Fsp3) is 0.217. The quantitative estimate of drug-likeness (QED) is 0.165. The molecule has 33 heavy (non-hydrogen) atoms. The van der Waals surface area contributed by atoms with Gasteiger partial charge < -0.3 is 4.74 Å². The van der Waals surface area contributed by atoms with Gasteiger partial charge in [0, 0.05) is 23.5 Å². The Bertz CT molecular complexity index is 1130. The van der Waals surface area contributed by atoms with E-state index >= 15 is 0 Å². The van der Waals surface area contributed by atoms with E-state index in [1.54, 1.807) is 37.4 Å². The minimum absolute atomic E-state index is 0.0427. The highest BCUT2D eigenvalue weighted by atomic mass is 32.2. The first kappa shape index (κ1) is 23.9. The van der Waals surface area contributed by atoms with Gasteiger partial charge in [-0.3, -0.25) is 14.9 Å². The molecule has 0 fully saturated rings. The van der Waals surface area contributed by atoms with Crippen molar-refractivity contribution in [2.45, 2.75) is 37.8 Å². The normalized spacial score (nSPS) is 11.8. The van der Waals surface area contributed by atoms with Gasteiger partial charge in [0.15, 0.2) is 5.16 Å². The highest BCUT2D eigenvalue weighted by molar-refractivity contribution is 8.00. The second-order valence-corrected chi connectivity index (χ2v) is 8.52. The van der Waals surface area contributed by atoms with Crippen LogP contribution >= 0.6 is 11.8 Å². The number of nitrogens with one attached hydrogen (secondary N) is 1. The molecule has 1 heterocycles. The summed E-state index contributed by atoms with van der Waals surface area (Å²) in [5, 5.41) is 14.9. The molecule has 1 amide bonds. The Labute approximate surface area is 195 Å². The van der Waals surface area contributed by atoms with Crippen molar-refractivity contribution in [3.8, 4) is 5.75 Å². The topological polar surface area (TPSA) is 120 Å². The van der Waals surface area contributed by atoms with Crippen LogP contribution in [0.4, 0.5) is 5.69 Å². The molecular weight excluding hydrogens is 442 g/mol. The molecule has 0 aliphatic rings. The number of nitro benzene ring substituents is 1. The Kier molecular flexibility index (Phi) is 8.09. The lowest BCUT2D eigenvalue weighted by Gasteiger charge is -2.09. The van der Waals surface area contributed by atoms with Crippen LogP contribution in [0.25, 0.3) is 0 Å². The van der Waals surface area contributed by atoms with Crippen LogP contribution in [0.15, 0.2) is 64.9 Å². The number of aromatic nitrogens is 2. The van der Waals surface area contributed by atoms with Crippen LogP contribution in [0.3, 0.4) is 0 Å². The van der Waals surface area contributed by atoms with Gasteiger partial charge in [0.1, 0.15) is 12.4 Å². The summed E-state index contributed by atoms with van der Waals surface area (Å²) < 4.78 is 5.70. The molecule has 0 saturated carbocycles. The summed E-state index contributed by atoms with van der Waals surface area (Å²) in [6, 6.07) is 15.3. The molecule has 170 valence electrons. The minimum atomic E-state index is -0.438. The average Bonchev–Trinajstić information content (AvgIpc) is 2.78. The Morgan fingerprint density at radius 2 is 1.79 bits per heavy atom. The van der Waals surface area contributed by atoms with E-state index in [0.717, 1.165) is 22.5 Å². The van der Waals surface area contributed by atoms with Crippen molar-refractivity contribution in [3.05, 3.63) is 87.2 Å². The highest BCUT2D eigenvalue weighted by Gasteiger charge is 2.15. The Balaban J connectivity index is 1.47. The van der Waals surface area contributed by atoms with Crippen molar-refractivity contribution in [2.24, 2.45) is 5.10 Å². The van der Waals surface area contributed by atoms with Gasteiger partial charge in [-0.25, -0.2) is 15.4 Å². The summed E-state index contributed by atoms with van der Waals surface area (Å²) in [5.74, 6) is 0.398. The van der Waals surface area contributed by atoms with Gasteiger partial charge in [-0.2, -0.15) is 5.10 Å². The van der Waals surface area contributed by atoms with Crippen molar-refractivity contribution in [1.29, 1.82) is 0 Å². The molecule has 10 heteroatoms. The summed E-state index contributed by atoms with van der Waals surface area (Å²) in [6.07, 6.45) is 1.54. The van der Waals surface area contributed by atoms with Crippen LogP contribution in [-0.2, 0) is 11.4 Å². The lowest BCUT2D eigenvalue weighted by molar-refractivity contribution is -0.384. The number of hydrogen-bond acceptors (Lipinski definition) is 8. The summed E-state index contributed by atoms with van der Waals surface area (Å²) in [5.41, 5.74) is 5.90.